The highest BCUT2D eigenvalue weighted by Gasteiger charge is 2.18. The molecule has 0 fully saturated rings. The van der Waals surface area contributed by atoms with Crippen molar-refractivity contribution < 1.29 is 4.79 Å². The van der Waals surface area contributed by atoms with Gasteiger partial charge in [0.1, 0.15) is 6.29 Å². The lowest BCUT2D eigenvalue weighted by Gasteiger charge is -2.10. The second-order valence-electron chi connectivity index (χ2n) is 5.60. The summed E-state index contributed by atoms with van der Waals surface area (Å²) >= 11 is 6.33. The van der Waals surface area contributed by atoms with Crippen LogP contribution in [0, 0.1) is 5.92 Å². The van der Waals surface area contributed by atoms with Crippen molar-refractivity contribution in [2.24, 2.45) is 10.9 Å². The molecule has 1 unspecified atom stereocenters. The summed E-state index contributed by atoms with van der Waals surface area (Å²) in [6.45, 7) is 9.65. The molecule has 0 radical (unpaired) electrons. The molecule has 0 amide bonds. The van der Waals surface area contributed by atoms with E-state index in [1.165, 1.54) is 0 Å². The maximum atomic E-state index is 10.8. The second-order valence-corrected chi connectivity index (χ2v) is 7.13. The molecule has 0 bridgehead atoms. The fourth-order valence-corrected chi connectivity index (χ4v) is 3.39. The molecule has 0 N–H and O–H groups in total. The van der Waals surface area contributed by atoms with Crippen molar-refractivity contribution >= 4 is 36.4 Å². The molecule has 0 aromatic heterocycles. The first kappa shape index (κ1) is 18.6. The molecule has 4 heteroatoms. The summed E-state index contributed by atoms with van der Waals surface area (Å²) in [4.78, 5) is 18.6. The highest BCUT2D eigenvalue weighted by molar-refractivity contribution is 8.03. The van der Waals surface area contributed by atoms with E-state index in [1.807, 2.05) is 45.1 Å². The first-order chi connectivity index (χ1) is 11.5. The normalized spacial score (nSPS) is 16.9. The van der Waals surface area contributed by atoms with Gasteiger partial charge in [-0.25, -0.2) is 0 Å². The van der Waals surface area contributed by atoms with Crippen LogP contribution in [-0.4, -0.2) is 12.0 Å². The lowest BCUT2D eigenvalue weighted by Crippen LogP contribution is -2.04. The van der Waals surface area contributed by atoms with E-state index in [0.717, 1.165) is 43.5 Å². The smallest absolute Gasteiger partial charge is 0.126 e. The van der Waals surface area contributed by atoms with Crippen molar-refractivity contribution in [3.05, 3.63) is 75.7 Å². The third kappa shape index (κ3) is 4.19. The van der Waals surface area contributed by atoms with Gasteiger partial charge in [0.25, 0.3) is 0 Å². The number of hydrogen-bond acceptors (Lipinski definition) is 4. The molecule has 2 nitrogen and oxygen atoms in total. The number of benzene rings is 1. The zero-order valence-electron chi connectivity index (χ0n) is 14.1. The third-order valence-corrected chi connectivity index (χ3v) is 5.46. The van der Waals surface area contributed by atoms with Gasteiger partial charge in [-0.05, 0) is 31.6 Å². The van der Waals surface area contributed by atoms with E-state index in [4.69, 9.17) is 4.99 Å². The van der Waals surface area contributed by atoms with Gasteiger partial charge in [0.05, 0.1) is 11.4 Å². The molecule has 124 valence electrons. The number of nitrogens with zero attached hydrogens (tertiary/aromatic N) is 1. The summed E-state index contributed by atoms with van der Waals surface area (Å²) in [6.07, 6.45) is 6.59. The SMILES string of the molecule is C=C/C(C)=C(\S)C1=NC(C)=C(/C=C\C(C)C=O)Sc2ccccc21. The Labute approximate surface area is 153 Å². The van der Waals surface area contributed by atoms with Gasteiger partial charge in [-0.2, -0.15) is 0 Å². The van der Waals surface area contributed by atoms with Crippen molar-refractivity contribution in [1.29, 1.82) is 0 Å². The maximum Gasteiger partial charge on any atom is 0.126 e. The van der Waals surface area contributed by atoms with E-state index in [0.29, 0.717) is 0 Å². The Kier molecular flexibility index (Phi) is 6.46. The average Bonchev–Trinajstić information content (AvgIpc) is 2.75. The van der Waals surface area contributed by atoms with Crippen LogP contribution in [0.4, 0.5) is 0 Å². The van der Waals surface area contributed by atoms with Gasteiger partial charge in [-0.3, -0.25) is 4.99 Å². The molecule has 0 saturated heterocycles. The summed E-state index contributed by atoms with van der Waals surface area (Å²) in [5.74, 6) is -0.115. The monoisotopic (exact) mass is 355 g/mol. The summed E-state index contributed by atoms with van der Waals surface area (Å²) < 4.78 is 0. The van der Waals surface area contributed by atoms with Crippen LogP contribution in [0.5, 0.6) is 0 Å². The Morgan fingerprint density at radius 3 is 2.75 bits per heavy atom. The predicted octanol–water partition coefficient (Wildman–Crippen LogP) is 5.59. The Bertz CT molecular complexity index is 785. The second kappa shape index (κ2) is 8.36. The Morgan fingerprint density at radius 1 is 1.38 bits per heavy atom. The Balaban J connectivity index is 2.61. The summed E-state index contributed by atoms with van der Waals surface area (Å²) in [6, 6.07) is 8.16. The first-order valence-corrected chi connectivity index (χ1v) is 8.97. The summed E-state index contributed by atoms with van der Waals surface area (Å²) in [5.41, 5.74) is 3.80. The Hall–Kier alpha value is -1.78. The van der Waals surface area contributed by atoms with Crippen LogP contribution in [0.25, 0.3) is 0 Å². The number of hydrogen-bond donors (Lipinski definition) is 1. The van der Waals surface area contributed by atoms with Gasteiger partial charge in [0.15, 0.2) is 0 Å². The maximum absolute atomic E-state index is 10.8. The molecular formula is C20H21NOS2. The molecule has 1 aliphatic rings. The highest BCUT2D eigenvalue weighted by Crippen LogP contribution is 2.38. The number of aldehydes is 1. The van der Waals surface area contributed by atoms with E-state index in [-0.39, 0.29) is 5.92 Å². The molecule has 0 saturated carbocycles. The highest BCUT2D eigenvalue weighted by atomic mass is 32.2. The van der Waals surface area contributed by atoms with Crippen LogP contribution in [0.3, 0.4) is 0 Å². The number of fused-ring (bicyclic) bond motifs is 1. The standard InChI is InChI=1S/C20H21NOS2/c1-5-14(3)20(23)19-16-8-6-7-9-18(16)24-17(15(4)21-19)11-10-13(2)12-22/h5-13,23H,1H2,2-4H3/b11-10-,20-14-. The molecular weight excluding hydrogens is 334 g/mol. The fourth-order valence-electron chi connectivity index (χ4n) is 2.13. The average molecular weight is 356 g/mol. The predicted molar refractivity (Wildman–Crippen MR) is 108 cm³/mol. The van der Waals surface area contributed by atoms with Crippen molar-refractivity contribution in [3.8, 4) is 0 Å². The first-order valence-electron chi connectivity index (χ1n) is 7.71. The van der Waals surface area contributed by atoms with Gasteiger partial charge >= 0.3 is 0 Å². The van der Waals surface area contributed by atoms with Crippen LogP contribution >= 0.6 is 24.4 Å². The minimum Gasteiger partial charge on any atom is -0.303 e. The van der Waals surface area contributed by atoms with Crippen molar-refractivity contribution in [2.75, 3.05) is 0 Å². The largest absolute Gasteiger partial charge is 0.303 e. The number of thiol groups is 1. The Morgan fingerprint density at radius 2 is 2.08 bits per heavy atom. The number of allylic oxidation sites excluding steroid dienone is 6. The zero-order chi connectivity index (χ0) is 17.7. The minimum atomic E-state index is -0.115. The quantitative estimate of drug-likeness (QED) is 0.423. The van der Waals surface area contributed by atoms with E-state index in [2.05, 4.69) is 31.3 Å². The number of rotatable bonds is 5. The lowest BCUT2D eigenvalue weighted by molar-refractivity contribution is -0.109. The number of carbonyl (C=O) groups excluding carboxylic acids is 1. The number of carbonyl (C=O) groups is 1. The van der Waals surface area contributed by atoms with E-state index >= 15 is 0 Å². The van der Waals surface area contributed by atoms with E-state index < -0.39 is 0 Å². The van der Waals surface area contributed by atoms with E-state index in [1.54, 1.807) is 17.8 Å². The molecule has 0 aliphatic carbocycles. The van der Waals surface area contributed by atoms with Gasteiger partial charge < -0.3 is 4.79 Å². The van der Waals surface area contributed by atoms with Crippen LogP contribution in [0.1, 0.15) is 26.3 Å². The molecule has 1 heterocycles. The molecule has 0 spiro atoms. The molecule has 1 aromatic rings. The number of aliphatic imine (C=N–C) groups is 1. The van der Waals surface area contributed by atoms with Crippen LogP contribution in [0.2, 0.25) is 0 Å². The van der Waals surface area contributed by atoms with Gasteiger partial charge in [-0.1, -0.05) is 55.6 Å². The summed E-state index contributed by atoms with van der Waals surface area (Å²) in [5, 5.41) is 0. The molecule has 1 atom stereocenters. The van der Waals surface area contributed by atoms with Crippen molar-refractivity contribution in [3.63, 3.8) is 0 Å². The van der Waals surface area contributed by atoms with Gasteiger partial charge in [-0.15, -0.1) is 12.6 Å². The minimum absolute atomic E-state index is 0.115. The van der Waals surface area contributed by atoms with Gasteiger partial charge in [0.2, 0.25) is 0 Å². The van der Waals surface area contributed by atoms with Crippen molar-refractivity contribution in [1.82, 2.24) is 0 Å². The van der Waals surface area contributed by atoms with Crippen LogP contribution < -0.4 is 0 Å². The molecule has 24 heavy (non-hydrogen) atoms. The topological polar surface area (TPSA) is 29.4 Å². The van der Waals surface area contributed by atoms with E-state index in [9.17, 15) is 4.79 Å². The van der Waals surface area contributed by atoms with Crippen LogP contribution in [0.15, 0.2) is 80.0 Å². The number of thioether (sulfide) groups is 1. The third-order valence-electron chi connectivity index (χ3n) is 3.67. The molecule has 2 rings (SSSR count). The fraction of sp³-hybridized carbons (Fsp3) is 0.200. The van der Waals surface area contributed by atoms with Crippen LogP contribution in [-0.2, 0) is 4.79 Å². The lowest BCUT2D eigenvalue weighted by atomic mass is 10.1. The van der Waals surface area contributed by atoms with Gasteiger partial charge in [0, 0.05) is 26.2 Å². The molecule has 1 aromatic carbocycles. The molecule has 1 aliphatic heterocycles. The zero-order valence-corrected chi connectivity index (χ0v) is 15.8. The summed E-state index contributed by atoms with van der Waals surface area (Å²) in [7, 11) is 0. The van der Waals surface area contributed by atoms with Crippen molar-refractivity contribution in [2.45, 2.75) is 25.7 Å².